The lowest BCUT2D eigenvalue weighted by Crippen LogP contribution is -2.42. The molecule has 5 heteroatoms. The SMILES string of the molecule is CCCCC(N)(CCCC)CSc1cc(Br)c(OC)cc1C(=O)c1ccccc1. The fraction of sp³-hybridized carbons (Fsp3) is 0.458. The van der Waals surface area contributed by atoms with E-state index in [2.05, 4.69) is 29.8 Å². The zero-order chi connectivity index (χ0) is 21.3. The van der Waals surface area contributed by atoms with Crippen molar-refractivity contribution in [3.8, 4) is 5.75 Å². The van der Waals surface area contributed by atoms with Gasteiger partial charge in [-0.25, -0.2) is 0 Å². The third-order valence-electron chi connectivity index (χ3n) is 5.11. The molecule has 2 rings (SSSR count). The van der Waals surface area contributed by atoms with Gasteiger partial charge in [0.15, 0.2) is 5.78 Å². The number of hydrogen-bond donors (Lipinski definition) is 1. The van der Waals surface area contributed by atoms with Crippen LogP contribution in [0.5, 0.6) is 5.75 Å². The monoisotopic (exact) mass is 477 g/mol. The lowest BCUT2D eigenvalue weighted by atomic mass is 9.90. The minimum absolute atomic E-state index is 0.00337. The minimum Gasteiger partial charge on any atom is -0.496 e. The molecule has 29 heavy (non-hydrogen) atoms. The van der Waals surface area contributed by atoms with Crippen LogP contribution in [-0.2, 0) is 0 Å². The summed E-state index contributed by atoms with van der Waals surface area (Å²) >= 11 is 5.25. The number of benzene rings is 2. The lowest BCUT2D eigenvalue weighted by molar-refractivity contribution is 0.103. The average Bonchev–Trinajstić information content (AvgIpc) is 2.75. The van der Waals surface area contributed by atoms with E-state index in [-0.39, 0.29) is 11.3 Å². The van der Waals surface area contributed by atoms with Crippen molar-refractivity contribution in [1.82, 2.24) is 0 Å². The number of ketones is 1. The normalized spacial score (nSPS) is 11.5. The van der Waals surface area contributed by atoms with Crippen LogP contribution < -0.4 is 10.5 Å². The van der Waals surface area contributed by atoms with E-state index in [1.807, 2.05) is 42.5 Å². The predicted octanol–water partition coefficient (Wildman–Crippen LogP) is 6.86. The first-order valence-electron chi connectivity index (χ1n) is 10.3. The molecular weight excluding hydrogens is 446 g/mol. The van der Waals surface area contributed by atoms with Crippen molar-refractivity contribution in [2.75, 3.05) is 12.9 Å². The van der Waals surface area contributed by atoms with Gasteiger partial charge in [-0.3, -0.25) is 4.79 Å². The fourth-order valence-corrected chi connectivity index (χ4v) is 5.18. The summed E-state index contributed by atoms with van der Waals surface area (Å²) in [6.07, 6.45) is 6.56. The van der Waals surface area contributed by atoms with Crippen molar-refractivity contribution in [1.29, 1.82) is 0 Å². The summed E-state index contributed by atoms with van der Waals surface area (Å²) in [5.74, 6) is 1.45. The molecule has 0 amide bonds. The summed E-state index contributed by atoms with van der Waals surface area (Å²) in [6.45, 7) is 4.40. The Bertz CT molecular complexity index is 787. The van der Waals surface area contributed by atoms with E-state index >= 15 is 0 Å². The first kappa shape index (κ1) is 24.0. The average molecular weight is 478 g/mol. The summed E-state index contributed by atoms with van der Waals surface area (Å²) in [7, 11) is 1.62. The van der Waals surface area contributed by atoms with Gasteiger partial charge in [0.05, 0.1) is 11.6 Å². The Hall–Kier alpha value is -1.30. The van der Waals surface area contributed by atoms with Crippen LogP contribution in [0.3, 0.4) is 0 Å². The second-order valence-electron chi connectivity index (χ2n) is 7.54. The van der Waals surface area contributed by atoms with Gasteiger partial charge in [-0.2, -0.15) is 0 Å². The molecule has 0 fully saturated rings. The maximum absolute atomic E-state index is 13.2. The third kappa shape index (κ3) is 6.87. The van der Waals surface area contributed by atoms with E-state index in [9.17, 15) is 4.79 Å². The summed E-state index contributed by atoms with van der Waals surface area (Å²) < 4.78 is 6.29. The van der Waals surface area contributed by atoms with E-state index in [4.69, 9.17) is 10.5 Å². The predicted molar refractivity (Wildman–Crippen MR) is 127 cm³/mol. The zero-order valence-electron chi connectivity index (χ0n) is 17.7. The smallest absolute Gasteiger partial charge is 0.194 e. The Morgan fingerprint density at radius 2 is 1.72 bits per heavy atom. The molecule has 0 atom stereocenters. The molecule has 0 radical (unpaired) electrons. The quantitative estimate of drug-likeness (QED) is 0.268. The molecule has 0 aromatic heterocycles. The van der Waals surface area contributed by atoms with Crippen LogP contribution in [0, 0.1) is 0 Å². The van der Waals surface area contributed by atoms with E-state index in [1.54, 1.807) is 18.9 Å². The van der Waals surface area contributed by atoms with Gasteiger partial charge in [0, 0.05) is 27.3 Å². The number of unbranched alkanes of at least 4 members (excludes halogenated alkanes) is 2. The summed E-state index contributed by atoms with van der Waals surface area (Å²) in [4.78, 5) is 14.1. The second-order valence-corrected chi connectivity index (χ2v) is 9.41. The topological polar surface area (TPSA) is 52.3 Å². The van der Waals surface area contributed by atoms with Crippen molar-refractivity contribution >= 4 is 33.5 Å². The van der Waals surface area contributed by atoms with Gasteiger partial charge in [0.25, 0.3) is 0 Å². The van der Waals surface area contributed by atoms with Crippen LogP contribution in [0.15, 0.2) is 51.8 Å². The number of carbonyl (C=O) groups is 1. The molecule has 0 bridgehead atoms. The van der Waals surface area contributed by atoms with Crippen molar-refractivity contribution in [3.05, 3.63) is 58.1 Å². The van der Waals surface area contributed by atoms with Gasteiger partial charge in [0.2, 0.25) is 0 Å². The molecule has 0 heterocycles. The first-order valence-corrected chi connectivity index (χ1v) is 12.1. The fourth-order valence-electron chi connectivity index (χ4n) is 3.28. The Morgan fingerprint density at radius 3 is 2.28 bits per heavy atom. The molecule has 158 valence electrons. The minimum atomic E-state index is -0.212. The maximum atomic E-state index is 13.2. The Morgan fingerprint density at radius 1 is 1.10 bits per heavy atom. The largest absolute Gasteiger partial charge is 0.496 e. The number of ether oxygens (including phenoxy) is 1. The van der Waals surface area contributed by atoms with Gasteiger partial charge in [-0.15, -0.1) is 11.8 Å². The van der Waals surface area contributed by atoms with Crippen LogP contribution >= 0.6 is 27.7 Å². The van der Waals surface area contributed by atoms with Crippen molar-refractivity contribution in [3.63, 3.8) is 0 Å². The van der Waals surface area contributed by atoms with Gasteiger partial charge >= 0.3 is 0 Å². The molecule has 0 aliphatic carbocycles. The van der Waals surface area contributed by atoms with Crippen LogP contribution in [-0.4, -0.2) is 24.2 Å². The third-order valence-corrected chi connectivity index (χ3v) is 7.09. The molecule has 3 nitrogen and oxygen atoms in total. The van der Waals surface area contributed by atoms with E-state index in [0.717, 1.165) is 53.6 Å². The van der Waals surface area contributed by atoms with Crippen molar-refractivity contribution in [2.45, 2.75) is 62.8 Å². The molecule has 0 saturated carbocycles. The second kappa shape index (κ2) is 11.8. The standard InChI is InChI=1S/C24H32BrNO2S/c1-4-6-13-24(26,14-7-5-2)17-29-22-16-20(25)21(28-3)15-19(22)23(27)18-11-9-8-10-12-18/h8-12,15-16H,4-7,13-14,17,26H2,1-3H3. The van der Waals surface area contributed by atoms with E-state index < -0.39 is 0 Å². The Labute approximate surface area is 187 Å². The number of rotatable bonds is 12. The highest BCUT2D eigenvalue weighted by molar-refractivity contribution is 9.10. The molecule has 0 spiro atoms. The first-order chi connectivity index (χ1) is 13.9. The summed E-state index contributed by atoms with van der Waals surface area (Å²) in [6, 6.07) is 13.2. The molecule has 0 aliphatic rings. The Balaban J connectivity index is 2.32. The summed E-state index contributed by atoms with van der Waals surface area (Å²) in [5, 5.41) is 0. The van der Waals surface area contributed by atoms with Crippen LogP contribution in [0.4, 0.5) is 0 Å². The number of hydrogen-bond acceptors (Lipinski definition) is 4. The van der Waals surface area contributed by atoms with Gasteiger partial charge < -0.3 is 10.5 Å². The highest BCUT2D eigenvalue weighted by Crippen LogP contribution is 2.37. The van der Waals surface area contributed by atoms with Crippen LogP contribution in [0.25, 0.3) is 0 Å². The van der Waals surface area contributed by atoms with Gasteiger partial charge in [0.1, 0.15) is 5.75 Å². The highest BCUT2D eigenvalue weighted by atomic mass is 79.9. The molecule has 0 unspecified atom stereocenters. The number of methoxy groups -OCH3 is 1. The van der Waals surface area contributed by atoms with Crippen LogP contribution in [0.2, 0.25) is 0 Å². The summed E-state index contributed by atoms with van der Waals surface area (Å²) in [5.41, 5.74) is 7.93. The Kier molecular flexibility index (Phi) is 9.73. The number of thioether (sulfide) groups is 1. The molecule has 2 N–H and O–H groups in total. The number of carbonyl (C=O) groups excluding carboxylic acids is 1. The molecule has 2 aromatic rings. The van der Waals surface area contributed by atoms with Crippen LogP contribution in [0.1, 0.15) is 68.3 Å². The zero-order valence-corrected chi connectivity index (χ0v) is 20.1. The van der Waals surface area contributed by atoms with Crippen molar-refractivity contribution < 1.29 is 9.53 Å². The van der Waals surface area contributed by atoms with Gasteiger partial charge in [-0.05, 0) is 40.9 Å². The van der Waals surface area contributed by atoms with E-state index in [0.29, 0.717) is 16.9 Å². The maximum Gasteiger partial charge on any atom is 0.194 e. The molecule has 0 saturated heterocycles. The number of nitrogens with two attached hydrogens (primary N) is 1. The van der Waals surface area contributed by atoms with Gasteiger partial charge in [-0.1, -0.05) is 69.9 Å². The molecular formula is C24H32BrNO2S. The highest BCUT2D eigenvalue weighted by Gasteiger charge is 2.26. The lowest BCUT2D eigenvalue weighted by Gasteiger charge is -2.29. The molecule has 2 aromatic carbocycles. The number of halogens is 1. The van der Waals surface area contributed by atoms with Crippen molar-refractivity contribution in [2.24, 2.45) is 5.73 Å². The molecule has 0 aliphatic heterocycles. The van der Waals surface area contributed by atoms with E-state index in [1.165, 1.54) is 0 Å².